The average molecular weight is 346 g/mol. The van der Waals surface area contributed by atoms with Crippen molar-refractivity contribution >= 4 is 38.6 Å². The van der Waals surface area contributed by atoms with Crippen molar-refractivity contribution in [2.45, 2.75) is 20.0 Å². The van der Waals surface area contributed by atoms with Crippen molar-refractivity contribution in [3.63, 3.8) is 0 Å². The van der Waals surface area contributed by atoms with Gasteiger partial charge in [-0.05, 0) is 56.3 Å². The molecule has 0 aliphatic heterocycles. The minimum Gasteiger partial charge on any atom is -0.491 e. The zero-order valence-corrected chi connectivity index (χ0v) is 13.4. The molecule has 0 amide bonds. The summed E-state index contributed by atoms with van der Waals surface area (Å²) in [7, 11) is 0. The normalized spacial score (nSPS) is 11.0. The van der Waals surface area contributed by atoms with Crippen molar-refractivity contribution in [1.82, 2.24) is 9.97 Å². The Balaban J connectivity index is 1.78. The molecule has 108 valence electrons. The Bertz CT molecular complexity index is 750. The molecule has 0 radical (unpaired) electrons. The summed E-state index contributed by atoms with van der Waals surface area (Å²) in [6.07, 6.45) is 0.178. The van der Waals surface area contributed by atoms with E-state index in [1.54, 1.807) is 0 Å². The third-order valence-corrected chi connectivity index (χ3v) is 3.43. The fourth-order valence-electron chi connectivity index (χ4n) is 2.06. The molecule has 0 bridgehead atoms. The molecule has 0 spiro atoms. The van der Waals surface area contributed by atoms with Crippen LogP contribution >= 0.6 is 15.9 Å². The van der Waals surface area contributed by atoms with Gasteiger partial charge in [0.15, 0.2) is 0 Å². The first kappa shape index (κ1) is 13.9. The van der Waals surface area contributed by atoms with E-state index in [0.717, 1.165) is 32.9 Å². The third-order valence-electron chi connectivity index (χ3n) is 2.93. The number of rotatable bonds is 4. The number of halogens is 1. The molecule has 3 aromatic rings. The lowest BCUT2D eigenvalue weighted by Crippen LogP contribution is -2.05. The van der Waals surface area contributed by atoms with Crippen LogP contribution in [0.1, 0.15) is 13.8 Å². The Morgan fingerprint density at radius 3 is 2.62 bits per heavy atom. The summed E-state index contributed by atoms with van der Waals surface area (Å²) in [5.41, 5.74) is 2.89. The van der Waals surface area contributed by atoms with E-state index in [2.05, 4.69) is 31.2 Å². The highest BCUT2D eigenvalue weighted by Crippen LogP contribution is 2.23. The largest absolute Gasteiger partial charge is 0.491 e. The van der Waals surface area contributed by atoms with E-state index in [9.17, 15) is 0 Å². The number of benzene rings is 2. The molecule has 0 unspecified atom stereocenters. The van der Waals surface area contributed by atoms with Crippen LogP contribution < -0.4 is 10.1 Å². The second-order valence-corrected chi connectivity index (χ2v) is 5.98. The van der Waals surface area contributed by atoms with Crippen LogP contribution in [-0.2, 0) is 0 Å². The van der Waals surface area contributed by atoms with Crippen LogP contribution in [0.5, 0.6) is 5.75 Å². The Morgan fingerprint density at radius 1 is 1.14 bits per heavy atom. The minimum atomic E-state index is 0.178. The lowest BCUT2D eigenvalue weighted by Gasteiger charge is -2.10. The molecule has 0 saturated carbocycles. The maximum absolute atomic E-state index is 5.62. The Labute approximate surface area is 131 Å². The number of nitrogens with zero attached hydrogens (tertiary/aromatic N) is 1. The summed E-state index contributed by atoms with van der Waals surface area (Å²) in [5, 5.41) is 3.26. The third kappa shape index (κ3) is 3.36. The molecule has 1 heterocycles. The number of anilines is 2. The lowest BCUT2D eigenvalue weighted by molar-refractivity contribution is 0.242. The zero-order valence-electron chi connectivity index (χ0n) is 11.9. The molecule has 0 aliphatic carbocycles. The van der Waals surface area contributed by atoms with E-state index in [1.165, 1.54) is 0 Å². The summed E-state index contributed by atoms with van der Waals surface area (Å²) < 4.78 is 6.64. The molecule has 5 heteroatoms. The first-order valence-corrected chi connectivity index (χ1v) is 7.58. The number of fused-ring (bicyclic) bond motifs is 1. The van der Waals surface area contributed by atoms with Crippen molar-refractivity contribution < 1.29 is 4.74 Å². The summed E-state index contributed by atoms with van der Waals surface area (Å²) in [4.78, 5) is 7.76. The number of ether oxygens (including phenoxy) is 1. The van der Waals surface area contributed by atoms with Gasteiger partial charge in [-0.1, -0.05) is 15.9 Å². The Kier molecular flexibility index (Phi) is 3.84. The quantitative estimate of drug-likeness (QED) is 0.710. The number of aromatic amines is 1. The summed E-state index contributed by atoms with van der Waals surface area (Å²) in [6, 6.07) is 13.8. The van der Waals surface area contributed by atoms with Crippen molar-refractivity contribution in [2.75, 3.05) is 5.32 Å². The fourth-order valence-corrected chi connectivity index (χ4v) is 2.41. The summed E-state index contributed by atoms with van der Waals surface area (Å²) in [6.45, 7) is 4.03. The number of imidazole rings is 1. The zero-order chi connectivity index (χ0) is 14.8. The molecule has 2 aromatic carbocycles. The molecular weight excluding hydrogens is 330 g/mol. The standard InChI is InChI=1S/C16H16BrN3O/c1-10(2)21-13-6-4-12(5-7-13)18-16-19-14-8-3-11(17)9-15(14)20-16/h3-10H,1-2H3,(H2,18,19,20). The van der Waals surface area contributed by atoms with Gasteiger partial charge < -0.3 is 15.0 Å². The molecule has 0 fully saturated rings. The number of H-pyrrole nitrogens is 1. The van der Waals surface area contributed by atoms with Gasteiger partial charge in [0.1, 0.15) is 5.75 Å². The summed E-state index contributed by atoms with van der Waals surface area (Å²) >= 11 is 3.45. The molecule has 0 aliphatic rings. The van der Waals surface area contributed by atoms with E-state index in [4.69, 9.17) is 4.74 Å². The van der Waals surface area contributed by atoms with E-state index < -0.39 is 0 Å². The van der Waals surface area contributed by atoms with Gasteiger partial charge in [-0.3, -0.25) is 0 Å². The number of nitrogens with one attached hydrogen (secondary N) is 2. The smallest absolute Gasteiger partial charge is 0.205 e. The maximum atomic E-state index is 5.62. The van der Waals surface area contributed by atoms with Gasteiger partial charge >= 0.3 is 0 Å². The van der Waals surface area contributed by atoms with Crippen molar-refractivity contribution in [3.05, 3.63) is 46.9 Å². The van der Waals surface area contributed by atoms with Gasteiger partial charge in [-0.15, -0.1) is 0 Å². The van der Waals surface area contributed by atoms with Gasteiger partial charge in [0.25, 0.3) is 0 Å². The second kappa shape index (κ2) is 5.77. The topological polar surface area (TPSA) is 49.9 Å². The van der Waals surface area contributed by atoms with Gasteiger partial charge in [-0.2, -0.15) is 0 Å². The lowest BCUT2D eigenvalue weighted by atomic mass is 10.3. The molecule has 0 atom stereocenters. The first-order valence-electron chi connectivity index (χ1n) is 6.79. The van der Waals surface area contributed by atoms with Crippen LogP contribution in [0, 0.1) is 0 Å². The van der Waals surface area contributed by atoms with Crippen molar-refractivity contribution in [2.24, 2.45) is 0 Å². The van der Waals surface area contributed by atoms with Crippen LogP contribution in [0.15, 0.2) is 46.9 Å². The highest BCUT2D eigenvalue weighted by atomic mass is 79.9. The maximum Gasteiger partial charge on any atom is 0.205 e. The Morgan fingerprint density at radius 2 is 1.90 bits per heavy atom. The van der Waals surface area contributed by atoms with E-state index in [-0.39, 0.29) is 6.10 Å². The van der Waals surface area contributed by atoms with Crippen LogP contribution in [0.2, 0.25) is 0 Å². The molecule has 3 rings (SSSR count). The molecule has 21 heavy (non-hydrogen) atoms. The van der Waals surface area contributed by atoms with Crippen LogP contribution in [0.3, 0.4) is 0 Å². The van der Waals surface area contributed by atoms with E-state index in [1.807, 2.05) is 56.3 Å². The minimum absolute atomic E-state index is 0.178. The first-order chi connectivity index (χ1) is 10.1. The number of hydrogen-bond donors (Lipinski definition) is 2. The van der Waals surface area contributed by atoms with Crippen LogP contribution in [0.4, 0.5) is 11.6 Å². The molecular formula is C16H16BrN3O. The average Bonchev–Trinajstić information content (AvgIpc) is 2.82. The van der Waals surface area contributed by atoms with Gasteiger partial charge in [0, 0.05) is 10.2 Å². The molecule has 0 saturated heterocycles. The molecule has 1 aromatic heterocycles. The number of aromatic nitrogens is 2. The van der Waals surface area contributed by atoms with E-state index >= 15 is 0 Å². The van der Waals surface area contributed by atoms with E-state index in [0.29, 0.717) is 0 Å². The predicted molar refractivity (Wildman–Crippen MR) is 89.3 cm³/mol. The SMILES string of the molecule is CC(C)Oc1ccc(Nc2nc3cc(Br)ccc3[nH]2)cc1. The van der Waals surface area contributed by atoms with Gasteiger partial charge in [0.2, 0.25) is 5.95 Å². The highest BCUT2D eigenvalue weighted by Gasteiger charge is 2.04. The Hall–Kier alpha value is -2.01. The summed E-state index contributed by atoms with van der Waals surface area (Å²) in [5.74, 6) is 1.59. The molecule has 4 nitrogen and oxygen atoms in total. The highest BCUT2D eigenvalue weighted by molar-refractivity contribution is 9.10. The van der Waals surface area contributed by atoms with Crippen molar-refractivity contribution in [1.29, 1.82) is 0 Å². The predicted octanol–water partition coefficient (Wildman–Crippen LogP) is 4.86. The van der Waals surface area contributed by atoms with Gasteiger partial charge in [0.05, 0.1) is 17.1 Å². The van der Waals surface area contributed by atoms with Gasteiger partial charge in [-0.25, -0.2) is 4.98 Å². The van der Waals surface area contributed by atoms with Crippen LogP contribution in [-0.4, -0.2) is 16.1 Å². The van der Waals surface area contributed by atoms with Crippen molar-refractivity contribution in [3.8, 4) is 5.75 Å². The second-order valence-electron chi connectivity index (χ2n) is 5.06. The monoisotopic (exact) mass is 345 g/mol. The fraction of sp³-hybridized carbons (Fsp3) is 0.188. The number of hydrogen-bond acceptors (Lipinski definition) is 3. The van der Waals surface area contributed by atoms with Crippen LogP contribution in [0.25, 0.3) is 11.0 Å². The molecule has 2 N–H and O–H groups in total.